The van der Waals surface area contributed by atoms with E-state index in [1.807, 2.05) is 25.1 Å². The van der Waals surface area contributed by atoms with E-state index < -0.39 is 0 Å². The van der Waals surface area contributed by atoms with Gasteiger partial charge in [-0.3, -0.25) is 14.5 Å². The van der Waals surface area contributed by atoms with Crippen LogP contribution in [0.2, 0.25) is 5.02 Å². The van der Waals surface area contributed by atoms with Crippen LogP contribution in [0.3, 0.4) is 0 Å². The number of aryl methyl sites for hydroxylation is 1. The Morgan fingerprint density at radius 1 is 1.23 bits per heavy atom. The third-order valence-corrected chi connectivity index (χ3v) is 8.16. The number of H-pyrrole nitrogens is 1. The van der Waals surface area contributed by atoms with Crippen LogP contribution in [0.15, 0.2) is 35.1 Å². The normalized spacial score (nSPS) is 18.5. The van der Waals surface area contributed by atoms with E-state index in [0.29, 0.717) is 33.8 Å². The van der Waals surface area contributed by atoms with Crippen molar-refractivity contribution in [2.45, 2.75) is 52.2 Å². The Balaban J connectivity index is 1.39. The summed E-state index contributed by atoms with van der Waals surface area (Å²) in [6.07, 6.45) is 2.28. The van der Waals surface area contributed by atoms with Crippen LogP contribution in [0.5, 0.6) is 0 Å². The number of aromatic amines is 1. The van der Waals surface area contributed by atoms with Gasteiger partial charge in [0.05, 0.1) is 41.9 Å². The number of amides is 1. The van der Waals surface area contributed by atoms with E-state index >= 15 is 0 Å². The Labute approximate surface area is 210 Å². The third-order valence-electron chi connectivity index (χ3n) is 7.83. The molecule has 0 spiro atoms. The number of piperidine rings is 1. The van der Waals surface area contributed by atoms with Gasteiger partial charge < -0.3 is 19.6 Å². The molecule has 2 aliphatic rings. The van der Waals surface area contributed by atoms with Gasteiger partial charge in [-0.05, 0) is 64.8 Å². The van der Waals surface area contributed by atoms with E-state index in [2.05, 4.69) is 32.8 Å². The number of para-hydroxylation sites is 1. The van der Waals surface area contributed by atoms with E-state index in [9.17, 15) is 9.59 Å². The Hall–Kier alpha value is -2.61. The molecule has 3 aromatic rings. The van der Waals surface area contributed by atoms with Crippen LogP contribution < -0.4 is 10.9 Å². The minimum Gasteiger partial charge on any atom is -0.378 e. The van der Waals surface area contributed by atoms with Crippen LogP contribution in [-0.2, 0) is 11.3 Å². The zero-order valence-electron chi connectivity index (χ0n) is 20.6. The van der Waals surface area contributed by atoms with Crippen LogP contribution in [0.4, 0.5) is 0 Å². The number of nitrogens with one attached hydrogen (secondary N) is 2. The van der Waals surface area contributed by atoms with E-state index in [1.54, 1.807) is 13.0 Å². The van der Waals surface area contributed by atoms with Crippen molar-refractivity contribution in [2.24, 2.45) is 5.92 Å². The van der Waals surface area contributed by atoms with Gasteiger partial charge in [0.25, 0.3) is 11.5 Å². The van der Waals surface area contributed by atoms with Crippen LogP contribution in [0.25, 0.3) is 10.9 Å². The van der Waals surface area contributed by atoms with E-state index in [1.165, 1.54) is 0 Å². The maximum absolute atomic E-state index is 13.4. The first-order valence-corrected chi connectivity index (χ1v) is 12.8. The summed E-state index contributed by atoms with van der Waals surface area (Å²) < 4.78 is 7.71. The number of nitrogens with zero attached hydrogens (tertiary/aromatic N) is 2. The molecule has 0 bridgehead atoms. The van der Waals surface area contributed by atoms with Crippen molar-refractivity contribution in [3.63, 3.8) is 0 Å². The van der Waals surface area contributed by atoms with Crippen molar-refractivity contribution >= 4 is 28.4 Å². The van der Waals surface area contributed by atoms with Gasteiger partial charge in [0.15, 0.2) is 0 Å². The molecule has 2 saturated heterocycles. The summed E-state index contributed by atoms with van der Waals surface area (Å²) >= 11 is 6.28. The van der Waals surface area contributed by atoms with Crippen molar-refractivity contribution in [1.82, 2.24) is 19.8 Å². The van der Waals surface area contributed by atoms with E-state index in [0.717, 1.165) is 55.7 Å². The highest BCUT2D eigenvalue weighted by Gasteiger charge is 2.33. The highest BCUT2D eigenvalue weighted by atomic mass is 35.5. The molecule has 2 aliphatic heterocycles. The zero-order chi connectivity index (χ0) is 24.7. The quantitative estimate of drug-likeness (QED) is 0.536. The molecular weight excluding hydrogens is 464 g/mol. The predicted octanol–water partition coefficient (Wildman–Crippen LogP) is 4.20. The Morgan fingerprint density at radius 3 is 2.60 bits per heavy atom. The van der Waals surface area contributed by atoms with Gasteiger partial charge in [0.2, 0.25) is 0 Å². The lowest BCUT2D eigenvalue weighted by Gasteiger charge is -2.43. The number of rotatable bonds is 6. The van der Waals surface area contributed by atoms with Gasteiger partial charge in [0.1, 0.15) is 0 Å². The number of carbonyl (C=O) groups is 1. The van der Waals surface area contributed by atoms with Crippen molar-refractivity contribution in [2.75, 3.05) is 26.3 Å². The van der Waals surface area contributed by atoms with E-state index in [4.69, 9.17) is 16.3 Å². The van der Waals surface area contributed by atoms with Crippen molar-refractivity contribution in [3.05, 3.63) is 68.2 Å². The van der Waals surface area contributed by atoms with Crippen molar-refractivity contribution in [1.29, 1.82) is 0 Å². The van der Waals surface area contributed by atoms with Crippen LogP contribution >= 0.6 is 11.6 Å². The Kier molecular flexibility index (Phi) is 6.75. The number of hydrogen-bond acceptors (Lipinski definition) is 4. The molecule has 2 fully saturated rings. The first-order chi connectivity index (χ1) is 16.8. The molecule has 7 nitrogen and oxygen atoms in total. The summed E-state index contributed by atoms with van der Waals surface area (Å²) in [4.78, 5) is 31.1. The lowest BCUT2D eigenvalue weighted by atomic mass is 9.89. The summed E-state index contributed by atoms with van der Waals surface area (Å²) in [5, 5.41) is 4.23. The molecule has 0 unspecified atom stereocenters. The molecule has 1 aromatic carbocycles. The fourth-order valence-corrected chi connectivity index (χ4v) is 6.03. The molecule has 8 heteroatoms. The second kappa shape index (κ2) is 9.80. The Bertz CT molecular complexity index is 1300. The fourth-order valence-electron chi connectivity index (χ4n) is 5.71. The van der Waals surface area contributed by atoms with Crippen LogP contribution in [0, 0.1) is 19.8 Å². The van der Waals surface area contributed by atoms with Crippen LogP contribution in [-0.4, -0.2) is 52.7 Å². The molecular formula is C27H33ClN4O3. The standard InChI is InChI=1S/C27H33ClN4O3/c1-16-12-23(28)22(26(33)30-16)13-29-27(34)25-18(3)32(24-7-5-4-6-21(24)25)17(2)19-8-10-31(11-9-19)20-14-35-15-20/h4-7,12,17,19-20H,8-11,13-15H2,1-3H3,(H,29,34)(H,30,33)/t17-/m1/s1. The Morgan fingerprint density at radius 2 is 1.94 bits per heavy atom. The summed E-state index contributed by atoms with van der Waals surface area (Å²) in [5.41, 5.74) is 3.47. The molecule has 186 valence electrons. The van der Waals surface area contributed by atoms with Gasteiger partial charge in [0, 0.05) is 28.3 Å². The number of aromatic nitrogens is 2. The molecule has 0 aliphatic carbocycles. The smallest absolute Gasteiger partial charge is 0.254 e. The number of benzene rings is 1. The molecule has 35 heavy (non-hydrogen) atoms. The maximum atomic E-state index is 13.4. The average molecular weight is 497 g/mol. The monoisotopic (exact) mass is 496 g/mol. The minimum absolute atomic E-state index is 0.0745. The zero-order valence-corrected chi connectivity index (χ0v) is 21.3. The molecule has 0 saturated carbocycles. The summed E-state index contributed by atoms with van der Waals surface area (Å²) in [7, 11) is 0. The number of fused-ring (bicyclic) bond motifs is 1. The molecule has 2 N–H and O–H groups in total. The highest BCUT2D eigenvalue weighted by Crippen LogP contribution is 2.36. The third kappa shape index (κ3) is 4.53. The van der Waals surface area contributed by atoms with Gasteiger partial charge in [-0.25, -0.2) is 0 Å². The number of hydrogen-bond donors (Lipinski definition) is 2. The van der Waals surface area contributed by atoms with Gasteiger partial charge in [-0.2, -0.15) is 0 Å². The van der Waals surface area contributed by atoms with Crippen molar-refractivity contribution < 1.29 is 9.53 Å². The van der Waals surface area contributed by atoms with E-state index in [-0.39, 0.29) is 24.1 Å². The topological polar surface area (TPSA) is 79.4 Å². The number of pyridine rings is 1. The molecule has 4 heterocycles. The van der Waals surface area contributed by atoms with Crippen LogP contribution in [0.1, 0.15) is 53.1 Å². The summed E-state index contributed by atoms with van der Waals surface area (Å²) in [5.74, 6) is 0.350. The largest absolute Gasteiger partial charge is 0.378 e. The molecule has 5 rings (SSSR count). The molecule has 2 aromatic heterocycles. The second-order valence-corrected chi connectivity index (χ2v) is 10.4. The number of likely N-dealkylation sites (tertiary alicyclic amines) is 1. The highest BCUT2D eigenvalue weighted by molar-refractivity contribution is 6.31. The number of carbonyl (C=O) groups excluding carboxylic acids is 1. The summed E-state index contributed by atoms with van der Waals surface area (Å²) in [6.45, 7) is 10.1. The van der Waals surface area contributed by atoms with Crippen molar-refractivity contribution in [3.8, 4) is 0 Å². The van der Waals surface area contributed by atoms with Gasteiger partial charge in [-0.1, -0.05) is 29.8 Å². The average Bonchev–Trinajstić information content (AvgIpc) is 3.09. The number of ether oxygens (including phenoxy) is 1. The molecule has 0 radical (unpaired) electrons. The lowest BCUT2D eigenvalue weighted by molar-refractivity contribution is -0.0752. The second-order valence-electron chi connectivity index (χ2n) is 9.94. The summed E-state index contributed by atoms with van der Waals surface area (Å²) in [6, 6.07) is 10.7. The number of halogens is 1. The molecule has 1 amide bonds. The molecule has 1 atom stereocenters. The first-order valence-electron chi connectivity index (χ1n) is 12.4. The fraction of sp³-hybridized carbons (Fsp3) is 0.481. The van der Waals surface area contributed by atoms with Gasteiger partial charge >= 0.3 is 0 Å². The predicted molar refractivity (Wildman–Crippen MR) is 138 cm³/mol. The SMILES string of the molecule is Cc1cc(Cl)c(CNC(=O)c2c(C)n([C@H](C)C3CCN(C4COC4)CC3)c3ccccc23)c(=O)[nH]1. The lowest BCUT2D eigenvalue weighted by Crippen LogP contribution is -2.52. The first kappa shape index (κ1) is 24.1. The van der Waals surface area contributed by atoms with Gasteiger partial charge in [-0.15, -0.1) is 0 Å². The minimum atomic E-state index is -0.275. The maximum Gasteiger partial charge on any atom is 0.254 e.